The van der Waals surface area contributed by atoms with Gasteiger partial charge in [0.15, 0.2) is 0 Å². The number of nitrogens with zero attached hydrogens (tertiary/aromatic N) is 1. The lowest BCUT2D eigenvalue weighted by atomic mass is 9.82. The summed E-state index contributed by atoms with van der Waals surface area (Å²) in [5.74, 6) is 0. The summed E-state index contributed by atoms with van der Waals surface area (Å²) in [6, 6.07) is 31.4. The van der Waals surface area contributed by atoms with Crippen LogP contribution in [0.3, 0.4) is 0 Å². The van der Waals surface area contributed by atoms with Crippen LogP contribution in [0, 0.1) is 6.92 Å². The maximum Gasteiger partial charge on any atom is 0.0543 e. The van der Waals surface area contributed by atoms with Gasteiger partial charge >= 0.3 is 0 Å². The van der Waals surface area contributed by atoms with Gasteiger partial charge in [-0.2, -0.15) is 0 Å². The van der Waals surface area contributed by atoms with Crippen molar-refractivity contribution < 1.29 is 0 Å². The van der Waals surface area contributed by atoms with Crippen LogP contribution in [0.4, 0.5) is 0 Å². The lowest BCUT2D eigenvalue weighted by molar-refractivity contribution is 0.660. The molecule has 0 amide bonds. The highest BCUT2D eigenvalue weighted by Crippen LogP contribution is 2.49. The summed E-state index contributed by atoms with van der Waals surface area (Å²) in [7, 11) is 0. The van der Waals surface area contributed by atoms with E-state index in [1.54, 1.807) is 0 Å². The Labute approximate surface area is 171 Å². The van der Waals surface area contributed by atoms with E-state index in [1.807, 2.05) is 0 Å². The fourth-order valence-electron chi connectivity index (χ4n) is 5.21. The number of fused-ring (bicyclic) bond motifs is 6. The largest absolute Gasteiger partial charge is 0.309 e. The van der Waals surface area contributed by atoms with E-state index in [4.69, 9.17) is 0 Å². The molecule has 6 rings (SSSR count). The number of benzene rings is 4. The molecule has 0 saturated carbocycles. The van der Waals surface area contributed by atoms with E-state index in [1.165, 1.54) is 55.3 Å². The Morgan fingerprint density at radius 3 is 2.24 bits per heavy atom. The first-order chi connectivity index (χ1) is 14.1. The van der Waals surface area contributed by atoms with Gasteiger partial charge in [-0.05, 0) is 59.0 Å². The van der Waals surface area contributed by atoms with Crippen molar-refractivity contribution >= 4 is 21.8 Å². The Hall–Kier alpha value is -3.32. The molecular formula is C28H23N. The predicted octanol–water partition coefficient (Wildman–Crippen LogP) is 7.40. The SMILES string of the molecule is Cc1ccc2c3ccccc3n(-c3ccc4c(c3)-c3ccccc3C4(C)C)c2c1. The van der Waals surface area contributed by atoms with Crippen molar-refractivity contribution in [3.05, 3.63) is 102 Å². The average Bonchev–Trinajstić information content (AvgIpc) is 3.17. The summed E-state index contributed by atoms with van der Waals surface area (Å²) in [6.07, 6.45) is 0. The molecule has 1 nitrogen and oxygen atoms in total. The lowest BCUT2D eigenvalue weighted by Crippen LogP contribution is -2.14. The third-order valence-electron chi connectivity index (χ3n) is 6.65. The molecule has 1 aliphatic rings. The van der Waals surface area contributed by atoms with Crippen LogP contribution in [0.15, 0.2) is 84.9 Å². The van der Waals surface area contributed by atoms with Gasteiger partial charge in [0.25, 0.3) is 0 Å². The third kappa shape index (κ3) is 2.16. The summed E-state index contributed by atoms with van der Waals surface area (Å²) in [4.78, 5) is 0. The molecule has 1 aliphatic carbocycles. The summed E-state index contributed by atoms with van der Waals surface area (Å²) >= 11 is 0. The van der Waals surface area contributed by atoms with Crippen molar-refractivity contribution in [1.82, 2.24) is 4.57 Å². The minimum absolute atomic E-state index is 0.0435. The monoisotopic (exact) mass is 373 g/mol. The van der Waals surface area contributed by atoms with Crippen molar-refractivity contribution in [2.24, 2.45) is 0 Å². The Bertz CT molecular complexity index is 1430. The van der Waals surface area contributed by atoms with E-state index in [-0.39, 0.29) is 5.41 Å². The second kappa shape index (κ2) is 5.61. The number of aryl methyl sites for hydroxylation is 1. The van der Waals surface area contributed by atoms with Crippen molar-refractivity contribution in [2.45, 2.75) is 26.2 Å². The second-order valence-electron chi connectivity index (χ2n) is 8.77. The molecule has 0 unspecified atom stereocenters. The molecule has 0 saturated heterocycles. The van der Waals surface area contributed by atoms with Gasteiger partial charge in [-0.3, -0.25) is 0 Å². The van der Waals surface area contributed by atoms with Gasteiger partial charge < -0.3 is 4.57 Å². The number of aromatic nitrogens is 1. The van der Waals surface area contributed by atoms with E-state index >= 15 is 0 Å². The van der Waals surface area contributed by atoms with Gasteiger partial charge in [0.1, 0.15) is 0 Å². The van der Waals surface area contributed by atoms with Gasteiger partial charge in [0, 0.05) is 21.9 Å². The van der Waals surface area contributed by atoms with Crippen LogP contribution in [-0.4, -0.2) is 4.57 Å². The van der Waals surface area contributed by atoms with Crippen LogP contribution in [-0.2, 0) is 5.41 Å². The molecule has 0 bridgehead atoms. The standard InChI is InChI=1S/C28H23N/c1-18-12-14-22-21-9-5-7-11-26(21)29(27(22)16-18)19-13-15-25-23(17-19)20-8-4-6-10-24(20)28(25,2)3/h4-17H,1-3H3. The van der Waals surface area contributed by atoms with Gasteiger partial charge in [-0.25, -0.2) is 0 Å². The van der Waals surface area contributed by atoms with E-state index in [0.29, 0.717) is 0 Å². The number of rotatable bonds is 1. The van der Waals surface area contributed by atoms with Crippen molar-refractivity contribution in [2.75, 3.05) is 0 Å². The zero-order valence-corrected chi connectivity index (χ0v) is 17.0. The molecule has 1 aromatic heterocycles. The Morgan fingerprint density at radius 2 is 1.34 bits per heavy atom. The van der Waals surface area contributed by atoms with Crippen molar-refractivity contribution in [3.8, 4) is 16.8 Å². The fourth-order valence-corrected chi connectivity index (χ4v) is 5.21. The molecule has 0 N–H and O–H groups in total. The van der Waals surface area contributed by atoms with Crippen LogP contribution in [0.5, 0.6) is 0 Å². The van der Waals surface area contributed by atoms with Gasteiger partial charge in [-0.1, -0.05) is 74.5 Å². The molecule has 0 spiro atoms. The minimum Gasteiger partial charge on any atom is -0.309 e. The van der Waals surface area contributed by atoms with Crippen LogP contribution in [0.1, 0.15) is 30.5 Å². The molecule has 1 heteroatoms. The second-order valence-corrected chi connectivity index (χ2v) is 8.77. The van der Waals surface area contributed by atoms with Crippen LogP contribution in [0.2, 0.25) is 0 Å². The maximum atomic E-state index is 2.42. The average molecular weight is 373 g/mol. The molecule has 0 fully saturated rings. The van der Waals surface area contributed by atoms with Crippen LogP contribution >= 0.6 is 0 Å². The highest BCUT2D eigenvalue weighted by molar-refractivity contribution is 6.09. The Kier molecular flexibility index (Phi) is 3.21. The Morgan fingerprint density at radius 1 is 0.621 bits per heavy atom. The molecule has 4 aromatic carbocycles. The number of hydrogen-bond donors (Lipinski definition) is 0. The fraction of sp³-hybridized carbons (Fsp3) is 0.143. The zero-order valence-electron chi connectivity index (χ0n) is 17.0. The summed E-state index contributed by atoms with van der Waals surface area (Å²) in [6.45, 7) is 6.84. The normalized spacial score (nSPS) is 14.3. The molecule has 0 radical (unpaired) electrons. The predicted molar refractivity (Wildman–Crippen MR) is 123 cm³/mol. The van der Waals surface area contributed by atoms with Crippen molar-refractivity contribution in [1.29, 1.82) is 0 Å². The first kappa shape index (κ1) is 16.6. The molecule has 0 aliphatic heterocycles. The summed E-state index contributed by atoms with van der Waals surface area (Å²) in [5, 5.41) is 2.62. The molecule has 29 heavy (non-hydrogen) atoms. The summed E-state index contributed by atoms with van der Waals surface area (Å²) < 4.78 is 2.42. The lowest BCUT2D eigenvalue weighted by Gasteiger charge is -2.21. The maximum absolute atomic E-state index is 2.42. The van der Waals surface area contributed by atoms with Crippen LogP contribution in [0.25, 0.3) is 38.6 Å². The first-order valence-electron chi connectivity index (χ1n) is 10.3. The van der Waals surface area contributed by atoms with E-state index in [2.05, 4.69) is 110 Å². The van der Waals surface area contributed by atoms with Gasteiger partial charge in [0.05, 0.1) is 11.0 Å². The molecule has 140 valence electrons. The van der Waals surface area contributed by atoms with Crippen LogP contribution < -0.4 is 0 Å². The Balaban J connectivity index is 1.70. The minimum atomic E-state index is 0.0435. The quantitative estimate of drug-likeness (QED) is 0.288. The number of hydrogen-bond acceptors (Lipinski definition) is 0. The third-order valence-corrected chi connectivity index (χ3v) is 6.65. The topological polar surface area (TPSA) is 4.93 Å². The van der Waals surface area contributed by atoms with E-state index in [0.717, 1.165) is 0 Å². The van der Waals surface area contributed by atoms with E-state index in [9.17, 15) is 0 Å². The zero-order chi connectivity index (χ0) is 19.8. The molecule has 0 atom stereocenters. The molecular weight excluding hydrogens is 350 g/mol. The van der Waals surface area contributed by atoms with E-state index < -0.39 is 0 Å². The van der Waals surface area contributed by atoms with Crippen molar-refractivity contribution in [3.63, 3.8) is 0 Å². The number of para-hydroxylation sites is 1. The van der Waals surface area contributed by atoms with Gasteiger partial charge in [0.2, 0.25) is 0 Å². The summed E-state index contributed by atoms with van der Waals surface area (Å²) in [5.41, 5.74) is 10.7. The first-order valence-corrected chi connectivity index (χ1v) is 10.3. The highest BCUT2D eigenvalue weighted by Gasteiger charge is 2.35. The molecule has 1 heterocycles. The highest BCUT2D eigenvalue weighted by atomic mass is 15.0. The smallest absolute Gasteiger partial charge is 0.0543 e. The molecule has 5 aromatic rings. The van der Waals surface area contributed by atoms with Gasteiger partial charge in [-0.15, -0.1) is 0 Å².